The molecule has 0 aliphatic rings. The molecule has 0 bridgehead atoms. The van der Waals surface area contributed by atoms with Crippen molar-refractivity contribution in [2.45, 2.75) is 6.61 Å². The predicted octanol–water partition coefficient (Wildman–Crippen LogP) is 1.77. The fraction of sp³-hybridized carbons (Fsp3) is 0.154. The van der Waals surface area contributed by atoms with E-state index in [0.29, 0.717) is 22.8 Å². The first-order chi connectivity index (χ1) is 9.65. The Hall–Kier alpha value is -2.41. The largest absolute Gasteiger partial charge is 0.482 e. The van der Waals surface area contributed by atoms with Gasteiger partial charge >= 0.3 is 0 Å². The summed E-state index contributed by atoms with van der Waals surface area (Å²) in [4.78, 5) is 0.162. The number of rotatable bonds is 4. The van der Waals surface area contributed by atoms with E-state index in [4.69, 9.17) is 27.1 Å². The summed E-state index contributed by atoms with van der Waals surface area (Å²) in [6.45, 7) is 0.271. The zero-order chi connectivity index (χ0) is 14.1. The second-order valence-electron chi connectivity index (χ2n) is 4.29. The molecule has 0 amide bonds. The Balaban J connectivity index is 1.96. The maximum atomic E-state index is 5.77. The molecule has 2 heterocycles. The lowest BCUT2D eigenvalue weighted by Gasteiger charge is -2.03. The molecule has 0 unspecified atom stereocenters. The number of hydrogen-bond acceptors (Lipinski definition) is 5. The van der Waals surface area contributed by atoms with Crippen LogP contribution in [-0.4, -0.2) is 20.0 Å². The molecular formula is C13H12N4O2S. The first-order valence-electron chi connectivity index (χ1n) is 5.94. The third-order valence-corrected chi connectivity index (χ3v) is 2.97. The molecule has 0 aliphatic carbocycles. The summed E-state index contributed by atoms with van der Waals surface area (Å²) in [6, 6.07) is 7.51. The number of nitrogens with two attached hydrogens (primary N) is 1. The average Bonchev–Trinajstić information content (AvgIpc) is 3.00. The van der Waals surface area contributed by atoms with Crippen LogP contribution in [0.25, 0.3) is 11.0 Å². The molecule has 6 nitrogen and oxygen atoms in total. The highest BCUT2D eigenvalue weighted by Crippen LogP contribution is 2.33. The predicted molar refractivity (Wildman–Crippen MR) is 77.4 cm³/mol. The summed E-state index contributed by atoms with van der Waals surface area (Å²) in [6.07, 6.45) is 1.78. The van der Waals surface area contributed by atoms with E-state index < -0.39 is 0 Å². The molecular weight excluding hydrogens is 276 g/mol. The molecule has 102 valence electrons. The smallest absolute Gasteiger partial charge is 0.204 e. The molecule has 1 aromatic carbocycles. The number of hydrogen-bond donors (Lipinski definition) is 1. The van der Waals surface area contributed by atoms with Crippen LogP contribution in [0, 0.1) is 0 Å². The van der Waals surface area contributed by atoms with Gasteiger partial charge < -0.3 is 14.9 Å². The SMILES string of the molecule is Cn1cc(COc2c(C(N)=S)oc3ccccc23)nn1. The van der Waals surface area contributed by atoms with E-state index >= 15 is 0 Å². The summed E-state index contributed by atoms with van der Waals surface area (Å²) in [5.41, 5.74) is 7.08. The first kappa shape index (κ1) is 12.6. The second-order valence-corrected chi connectivity index (χ2v) is 4.73. The quantitative estimate of drug-likeness (QED) is 0.737. The van der Waals surface area contributed by atoms with E-state index in [1.165, 1.54) is 0 Å². The van der Waals surface area contributed by atoms with Crippen LogP contribution in [0.1, 0.15) is 11.5 Å². The zero-order valence-electron chi connectivity index (χ0n) is 10.7. The topological polar surface area (TPSA) is 79.1 Å². The third-order valence-electron chi connectivity index (χ3n) is 2.79. The fourth-order valence-corrected chi connectivity index (χ4v) is 2.07. The fourth-order valence-electron chi connectivity index (χ4n) is 1.93. The molecule has 0 saturated heterocycles. The highest BCUT2D eigenvalue weighted by atomic mass is 32.1. The third kappa shape index (κ3) is 2.23. The van der Waals surface area contributed by atoms with Gasteiger partial charge in [-0.15, -0.1) is 5.10 Å². The minimum absolute atomic E-state index is 0.162. The number of benzene rings is 1. The van der Waals surface area contributed by atoms with E-state index in [9.17, 15) is 0 Å². The van der Waals surface area contributed by atoms with E-state index in [0.717, 1.165) is 5.39 Å². The van der Waals surface area contributed by atoms with Gasteiger partial charge in [-0.1, -0.05) is 29.6 Å². The maximum Gasteiger partial charge on any atom is 0.204 e. The Bertz CT molecular complexity index is 778. The van der Waals surface area contributed by atoms with Gasteiger partial charge in [-0.2, -0.15) is 0 Å². The number of fused-ring (bicyclic) bond motifs is 1. The molecule has 0 atom stereocenters. The Labute approximate surface area is 120 Å². The second kappa shape index (κ2) is 4.93. The molecule has 0 aliphatic heterocycles. The van der Waals surface area contributed by atoms with Crippen molar-refractivity contribution in [3.8, 4) is 5.75 Å². The van der Waals surface area contributed by atoms with Crippen molar-refractivity contribution in [3.63, 3.8) is 0 Å². The van der Waals surface area contributed by atoms with Crippen molar-refractivity contribution in [3.05, 3.63) is 41.9 Å². The van der Waals surface area contributed by atoms with Crippen molar-refractivity contribution in [2.24, 2.45) is 12.8 Å². The summed E-state index contributed by atoms with van der Waals surface area (Å²) in [5, 5.41) is 8.64. The van der Waals surface area contributed by atoms with Crippen molar-refractivity contribution in [1.82, 2.24) is 15.0 Å². The average molecular weight is 288 g/mol. The highest BCUT2D eigenvalue weighted by Gasteiger charge is 2.18. The number of nitrogens with zero attached hydrogens (tertiary/aromatic N) is 3. The molecule has 3 aromatic rings. The van der Waals surface area contributed by atoms with Gasteiger partial charge in [-0.25, -0.2) is 0 Å². The first-order valence-corrected chi connectivity index (χ1v) is 6.35. The van der Waals surface area contributed by atoms with Crippen LogP contribution < -0.4 is 10.5 Å². The molecule has 3 rings (SSSR count). The Morgan fingerprint density at radius 3 is 2.95 bits per heavy atom. The van der Waals surface area contributed by atoms with Gasteiger partial charge in [0.15, 0.2) is 5.75 Å². The van der Waals surface area contributed by atoms with Crippen LogP contribution in [0.2, 0.25) is 0 Å². The summed E-state index contributed by atoms with van der Waals surface area (Å²) in [7, 11) is 1.80. The Morgan fingerprint density at radius 1 is 1.45 bits per heavy atom. The number of thiocarbonyl (C=S) groups is 1. The zero-order valence-corrected chi connectivity index (χ0v) is 11.6. The molecule has 0 radical (unpaired) electrons. The van der Waals surface area contributed by atoms with E-state index in [-0.39, 0.29) is 11.6 Å². The minimum atomic E-state index is 0.162. The Morgan fingerprint density at radius 2 is 2.25 bits per heavy atom. The van der Waals surface area contributed by atoms with E-state index in [2.05, 4.69) is 10.3 Å². The van der Waals surface area contributed by atoms with Crippen molar-refractivity contribution < 1.29 is 9.15 Å². The normalized spacial score (nSPS) is 10.8. The van der Waals surface area contributed by atoms with Gasteiger partial charge in [0.2, 0.25) is 5.76 Å². The molecule has 0 fully saturated rings. The van der Waals surface area contributed by atoms with Crippen LogP contribution in [-0.2, 0) is 13.7 Å². The van der Waals surface area contributed by atoms with Crippen LogP contribution >= 0.6 is 12.2 Å². The molecule has 2 N–H and O–H groups in total. The van der Waals surface area contributed by atoms with Crippen molar-refractivity contribution in [1.29, 1.82) is 0 Å². The summed E-state index contributed by atoms with van der Waals surface area (Å²) in [5.74, 6) is 0.920. The van der Waals surface area contributed by atoms with Crippen LogP contribution in [0.15, 0.2) is 34.9 Å². The molecule has 20 heavy (non-hydrogen) atoms. The standard InChI is InChI=1S/C13H12N4O2S/c1-17-6-8(15-16-17)7-18-11-9-4-2-3-5-10(9)19-12(11)13(14)20/h2-6H,7H2,1H3,(H2,14,20). The number of aryl methyl sites for hydroxylation is 1. The lowest BCUT2D eigenvalue weighted by molar-refractivity contribution is 0.299. The molecule has 2 aromatic heterocycles. The van der Waals surface area contributed by atoms with Gasteiger partial charge in [-0.05, 0) is 12.1 Å². The number of para-hydroxylation sites is 1. The van der Waals surface area contributed by atoms with E-state index in [1.807, 2.05) is 24.3 Å². The van der Waals surface area contributed by atoms with Gasteiger partial charge in [0.25, 0.3) is 0 Å². The number of furan rings is 1. The highest BCUT2D eigenvalue weighted by molar-refractivity contribution is 7.80. The van der Waals surface area contributed by atoms with Crippen molar-refractivity contribution >= 4 is 28.2 Å². The van der Waals surface area contributed by atoms with Gasteiger partial charge in [-0.3, -0.25) is 4.68 Å². The lowest BCUT2D eigenvalue weighted by atomic mass is 10.2. The van der Waals surface area contributed by atoms with Crippen molar-refractivity contribution in [2.75, 3.05) is 0 Å². The molecule has 0 saturated carbocycles. The Kier molecular flexibility index (Phi) is 3.11. The monoisotopic (exact) mass is 288 g/mol. The molecule has 0 spiro atoms. The number of aromatic nitrogens is 3. The summed E-state index contributed by atoms with van der Waals surface area (Å²) >= 11 is 5.00. The van der Waals surface area contributed by atoms with Gasteiger partial charge in [0.1, 0.15) is 22.9 Å². The van der Waals surface area contributed by atoms with Gasteiger partial charge in [0, 0.05) is 7.05 Å². The van der Waals surface area contributed by atoms with E-state index in [1.54, 1.807) is 17.9 Å². The summed E-state index contributed by atoms with van der Waals surface area (Å²) < 4.78 is 13.0. The maximum absolute atomic E-state index is 5.77. The number of ether oxygens (including phenoxy) is 1. The van der Waals surface area contributed by atoms with Crippen LogP contribution in [0.3, 0.4) is 0 Å². The minimum Gasteiger partial charge on any atom is -0.482 e. The van der Waals surface area contributed by atoms with Gasteiger partial charge in [0.05, 0.1) is 11.6 Å². The lowest BCUT2D eigenvalue weighted by Crippen LogP contribution is -2.10. The molecule has 7 heteroatoms. The van der Waals surface area contributed by atoms with Crippen LogP contribution in [0.5, 0.6) is 5.75 Å². The van der Waals surface area contributed by atoms with Crippen LogP contribution in [0.4, 0.5) is 0 Å².